The Labute approximate surface area is 103 Å². The monoisotopic (exact) mass is 227 g/mol. The Bertz CT molecular complexity index is 142. The van der Waals surface area contributed by atoms with E-state index in [1.807, 2.05) is 0 Å². The summed E-state index contributed by atoms with van der Waals surface area (Å²) in [6.07, 6.45) is 8.04. The molecule has 98 valence electrons. The number of hydrogen-bond donors (Lipinski definition) is 1. The van der Waals surface area contributed by atoms with Crippen LogP contribution in [0.15, 0.2) is 0 Å². The van der Waals surface area contributed by atoms with Crippen LogP contribution in [0.1, 0.15) is 73.1 Å². The van der Waals surface area contributed by atoms with Crippen molar-refractivity contribution in [3.63, 3.8) is 0 Å². The SMILES string of the molecule is CCCCC(CC)C(CC(C)C)NCCC. The molecule has 0 aliphatic carbocycles. The minimum absolute atomic E-state index is 0.747. The summed E-state index contributed by atoms with van der Waals surface area (Å²) in [7, 11) is 0. The van der Waals surface area contributed by atoms with Crippen LogP contribution in [0.5, 0.6) is 0 Å². The summed E-state index contributed by atoms with van der Waals surface area (Å²) in [5, 5.41) is 3.76. The Morgan fingerprint density at radius 2 is 1.69 bits per heavy atom. The maximum absolute atomic E-state index is 3.76. The summed E-state index contributed by atoms with van der Waals surface area (Å²) in [6.45, 7) is 12.8. The van der Waals surface area contributed by atoms with Gasteiger partial charge in [-0.3, -0.25) is 0 Å². The molecule has 0 aromatic rings. The maximum Gasteiger partial charge on any atom is 0.00976 e. The fourth-order valence-corrected chi connectivity index (χ4v) is 2.44. The van der Waals surface area contributed by atoms with Gasteiger partial charge in [0.1, 0.15) is 0 Å². The lowest BCUT2D eigenvalue weighted by Crippen LogP contribution is -2.37. The quantitative estimate of drug-likeness (QED) is 0.574. The van der Waals surface area contributed by atoms with Crippen LogP contribution in [0.4, 0.5) is 0 Å². The van der Waals surface area contributed by atoms with Crippen molar-refractivity contribution in [2.24, 2.45) is 11.8 Å². The van der Waals surface area contributed by atoms with Gasteiger partial charge in [0.05, 0.1) is 0 Å². The first-order valence-electron chi connectivity index (χ1n) is 7.38. The molecule has 1 heteroatoms. The second kappa shape index (κ2) is 10.1. The largest absolute Gasteiger partial charge is 0.314 e. The second-order valence-electron chi connectivity index (χ2n) is 5.50. The molecule has 0 aliphatic heterocycles. The molecule has 0 amide bonds. The van der Waals surface area contributed by atoms with Gasteiger partial charge in [-0.15, -0.1) is 0 Å². The highest BCUT2D eigenvalue weighted by atomic mass is 14.9. The van der Waals surface area contributed by atoms with E-state index in [0.717, 1.165) is 17.9 Å². The molecule has 1 nitrogen and oxygen atoms in total. The van der Waals surface area contributed by atoms with Gasteiger partial charge in [-0.1, -0.05) is 53.9 Å². The molecule has 0 rings (SSSR count). The summed E-state index contributed by atoms with van der Waals surface area (Å²) in [6, 6.07) is 0.747. The van der Waals surface area contributed by atoms with E-state index in [-0.39, 0.29) is 0 Å². The van der Waals surface area contributed by atoms with Crippen molar-refractivity contribution in [2.75, 3.05) is 6.54 Å². The van der Waals surface area contributed by atoms with E-state index in [4.69, 9.17) is 0 Å². The first-order chi connectivity index (χ1) is 7.65. The second-order valence-corrected chi connectivity index (χ2v) is 5.50. The summed E-state index contributed by atoms with van der Waals surface area (Å²) in [5.74, 6) is 1.69. The molecule has 0 spiro atoms. The topological polar surface area (TPSA) is 12.0 Å². The van der Waals surface area contributed by atoms with Crippen molar-refractivity contribution in [3.05, 3.63) is 0 Å². The zero-order valence-corrected chi connectivity index (χ0v) is 12.2. The lowest BCUT2D eigenvalue weighted by atomic mass is 9.86. The van der Waals surface area contributed by atoms with Gasteiger partial charge < -0.3 is 5.32 Å². The first kappa shape index (κ1) is 16.0. The fourth-order valence-electron chi connectivity index (χ4n) is 2.44. The first-order valence-corrected chi connectivity index (χ1v) is 7.38. The molecule has 0 bridgehead atoms. The predicted octanol–water partition coefficient (Wildman–Crippen LogP) is 4.62. The maximum atomic E-state index is 3.76. The molecule has 0 aliphatic rings. The van der Waals surface area contributed by atoms with E-state index in [0.29, 0.717) is 0 Å². The molecule has 0 aromatic heterocycles. The van der Waals surface area contributed by atoms with Gasteiger partial charge in [0.2, 0.25) is 0 Å². The molecule has 1 N–H and O–H groups in total. The molecular weight excluding hydrogens is 194 g/mol. The predicted molar refractivity (Wildman–Crippen MR) is 74.8 cm³/mol. The van der Waals surface area contributed by atoms with E-state index >= 15 is 0 Å². The number of hydrogen-bond acceptors (Lipinski definition) is 1. The van der Waals surface area contributed by atoms with Gasteiger partial charge >= 0.3 is 0 Å². The zero-order chi connectivity index (χ0) is 12.4. The average Bonchev–Trinajstić information content (AvgIpc) is 2.25. The van der Waals surface area contributed by atoms with Crippen molar-refractivity contribution < 1.29 is 0 Å². The molecular formula is C15H33N. The van der Waals surface area contributed by atoms with Crippen LogP contribution < -0.4 is 5.32 Å². The molecule has 0 saturated carbocycles. The Hall–Kier alpha value is -0.0400. The molecule has 0 saturated heterocycles. The molecule has 2 atom stereocenters. The van der Waals surface area contributed by atoms with E-state index in [1.54, 1.807) is 0 Å². The third-order valence-corrected chi connectivity index (χ3v) is 3.40. The molecule has 0 heterocycles. The summed E-state index contributed by atoms with van der Waals surface area (Å²) in [5.41, 5.74) is 0. The Morgan fingerprint density at radius 3 is 2.12 bits per heavy atom. The van der Waals surface area contributed by atoms with Crippen molar-refractivity contribution in [3.8, 4) is 0 Å². The van der Waals surface area contributed by atoms with Crippen LogP contribution in [0, 0.1) is 11.8 Å². The summed E-state index contributed by atoms with van der Waals surface area (Å²) in [4.78, 5) is 0. The van der Waals surface area contributed by atoms with Gasteiger partial charge in [-0.25, -0.2) is 0 Å². The average molecular weight is 227 g/mol. The minimum atomic E-state index is 0.747. The van der Waals surface area contributed by atoms with Crippen LogP contribution in [0.2, 0.25) is 0 Å². The molecule has 0 fully saturated rings. The van der Waals surface area contributed by atoms with Gasteiger partial charge in [-0.05, 0) is 37.6 Å². The van der Waals surface area contributed by atoms with E-state index < -0.39 is 0 Å². The van der Waals surface area contributed by atoms with Gasteiger partial charge in [0.25, 0.3) is 0 Å². The third-order valence-electron chi connectivity index (χ3n) is 3.40. The van der Waals surface area contributed by atoms with Crippen LogP contribution in [-0.2, 0) is 0 Å². The van der Waals surface area contributed by atoms with Crippen LogP contribution in [0.25, 0.3) is 0 Å². The standard InChI is InChI=1S/C15H33N/c1-6-9-10-14(8-3)15(12-13(4)5)16-11-7-2/h13-16H,6-12H2,1-5H3. The number of rotatable bonds is 10. The van der Waals surface area contributed by atoms with Crippen molar-refractivity contribution in [1.82, 2.24) is 5.32 Å². The summed E-state index contributed by atoms with van der Waals surface area (Å²) < 4.78 is 0. The van der Waals surface area contributed by atoms with Crippen molar-refractivity contribution >= 4 is 0 Å². The highest BCUT2D eigenvalue weighted by Gasteiger charge is 2.19. The lowest BCUT2D eigenvalue weighted by Gasteiger charge is -2.29. The Balaban J connectivity index is 4.18. The molecule has 0 aromatic carbocycles. The van der Waals surface area contributed by atoms with Gasteiger partial charge in [-0.2, -0.15) is 0 Å². The van der Waals surface area contributed by atoms with E-state index in [2.05, 4.69) is 39.9 Å². The molecule has 0 radical (unpaired) electrons. The van der Waals surface area contributed by atoms with E-state index in [9.17, 15) is 0 Å². The highest BCUT2D eigenvalue weighted by molar-refractivity contribution is 4.76. The summed E-state index contributed by atoms with van der Waals surface area (Å²) >= 11 is 0. The minimum Gasteiger partial charge on any atom is -0.314 e. The van der Waals surface area contributed by atoms with Gasteiger partial charge in [0, 0.05) is 6.04 Å². The lowest BCUT2D eigenvalue weighted by molar-refractivity contribution is 0.279. The highest BCUT2D eigenvalue weighted by Crippen LogP contribution is 2.22. The van der Waals surface area contributed by atoms with E-state index in [1.165, 1.54) is 45.1 Å². The van der Waals surface area contributed by atoms with Crippen molar-refractivity contribution in [1.29, 1.82) is 0 Å². The molecule has 16 heavy (non-hydrogen) atoms. The Morgan fingerprint density at radius 1 is 1.00 bits per heavy atom. The van der Waals surface area contributed by atoms with Crippen LogP contribution in [-0.4, -0.2) is 12.6 Å². The fraction of sp³-hybridized carbons (Fsp3) is 1.00. The smallest absolute Gasteiger partial charge is 0.00976 e. The van der Waals surface area contributed by atoms with Gasteiger partial charge in [0.15, 0.2) is 0 Å². The van der Waals surface area contributed by atoms with Crippen LogP contribution >= 0.6 is 0 Å². The third kappa shape index (κ3) is 7.27. The number of unbranched alkanes of at least 4 members (excludes halogenated alkanes) is 1. The van der Waals surface area contributed by atoms with Crippen molar-refractivity contribution in [2.45, 2.75) is 79.2 Å². The molecule has 2 unspecified atom stereocenters. The number of nitrogens with one attached hydrogen (secondary N) is 1. The van der Waals surface area contributed by atoms with Crippen LogP contribution in [0.3, 0.4) is 0 Å². The normalized spacial score (nSPS) is 15.4. The Kier molecular flexibility index (Phi) is 10.1. The zero-order valence-electron chi connectivity index (χ0n) is 12.2.